The molecule has 0 bridgehead atoms. The van der Waals surface area contributed by atoms with Gasteiger partial charge in [0.05, 0.1) is 18.4 Å². The number of hydrogen-bond acceptors (Lipinski definition) is 2. The molecule has 110 valence electrons. The van der Waals surface area contributed by atoms with E-state index in [4.69, 9.17) is 5.11 Å². The summed E-state index contributed by atoms with van der Waals surface area (Å²) < 4.78 is 0. The Morgan fingerprint density at radius 2 is 2.05 bits per heavy atom. The van der Waals surface area contributed by atoms with Crippen LogP contribution in [0.5, 0.6) is 0 Å². The molecule has 5 heteroatoms. The number of carboxylic acid groups (broad SMARTS) is 1. The van der Waals surface area contributed by atoms with Gasteiger partial charge in [0.2, 0.25) is 5.91 Å². The van der Waals surface area contributed by atoms with Gasteiger partial charge in [-0.3, -0.25) is 9.59 Å². The molecule has 1 aromatic heterocycles. The molecule has 0 unspecified atom stereocenters. The maximum absolute atomic E-state index is 12.2. The number of amides is 1. The van der Waals surface area contributed by atoms with Crippen LogP contribution in [0.2, 0.25) is 0 Å². The fourth-order valence-electron chi connectivity index (χ4n) is 3.03. The van der Waals surface area contributed by atoms with Crippen LogP contribution in [0.1, 0.15) is 31.2 Å². The normalized spacial score (nSPS) is 16.4. The van der Waals surface area contributed by atoms with Crippen molar-refractivity contribution < 1.29 is 14.7 Å². The zero-order chi connectivity index (χ0) is 14.9. The number of para-hydroxylation sites is 1. The van der Waals surface area contributed by atoms with Crippen molar-refractivity contribution in [3.63, 3.8) is 0 Å². The van der Waals surface area contributed by atoms with Crippen LogP contribution >= 0.6 is 0 Å². The van der Waals surface area contributed by atoms with Crippen LogP contribution in [0, 0.1) is 0 Å². The largest absolute Gasteiger partial charge is 0.481 e. The molecule has 1 saturated carbocycles. The van der Waals surface area contributed by atoms with E-state index in [9.17, 15) is 9.59 Å². The first-order valence-electron chi connectivity index (χ1n) is 7.16. The van der Waals surface area contributed by atoms with Crippen LogP contribution in [0.15, 0.2) is 30.5 Å². The monoisotopic (exact) mass is 286 g/mol. The molecule has 1 aliphatic carbocycles. The molecule has 0 spiro atoms. The number of fused-ring (bicyclic) bond motifs is 1. The summed E-state index contributed by atoms with van der Waals surface area (Å²) in [5.41, 5.74) is 1.41. The Kier molecular flexibility index (Phi) is 3.41. The van der Waals surface area contributed by atoms with Gasteiger partial charge in [0.15, 0.2) is 0 Å². The van der Waals surface area contributed by atoms with Gasteiger partial charge in [0.1, 0.15) is 0 Å². The average molecular weight is 286 g/mol. The minimum absolute atomic E-state index is 0.00657. The van der Waals surface area contributed by atoms with E-state index < -0.39 is 11.5 Å². The Labute approximate surface area is 122 Å². The number of carbonyl (C=O) groups excluding carboxylic acids is 1. The number of aromatic amines is 1. The van der Waals surface area contributed by atoms with Gasteiger partial charge in [-0.2, -0.15) is 0 Å². The lowest BCUT2D eigenvalue weighted by atomic mass is 9.74. The molecule has 5 nitrogen and oxygen atoms in total. The van der Waals surface area contributed by atoms with E-state index in [1.54, 1.807) is 0 Å². The molecule has 2 aromatic rings. The van der Waals surface area contributed by atoms with Crippen molar-refractivity contribution in [2.45, 2.75) is 37.6 Å². The van der Waals surface area contributed by atoms with Crippen LogP contribution < -0.4 is 5.32 Å². The first-order chi connectivity index (χ1) is 10.1. The molecule has 1 aromatic carbocycles. The Hall–Kier alpha value is -2.30. The lowest BCUT2D eigenvalue weighted by Gasteiger charge is -2.41. The molecule has 0 radical (unpaired) electrons. The van der Waals surface area contributed by atoms with Crippen LogP contribution in [0.4, 0.5) is 0 Å². The molecule has 0 saturated heterocycles. The van der Waals surface area contributed by atoms with Crippen LogP contribution in [-0.2, 0) is 16.0 Å². The highest BCUT2D eigenvalue weighted by molar-refractivity contribution is 5.89. The molecule has 0 atom stereocenters. The first-order valence-corrected chi connectivity index (χ1v) is 7.16. The summed E-state index contributed by atoms with van der Waals surface area (Å²) in [6, 6.07) is 7.83. The van der Waals surface area contributed by atoms with E-state index in [2.05, 4.69) is 10.3 Å². The van der Waals surface area contributed by atoms with Gasteiger partial charge in [0.25, 0.3) is 0 Å². The Bertz CT molecular complexity index is 686. The van der Waals surface area contributed by atoms with Crippen molar-refractivity contribution in [1.82, 2.24) is 10.3 Å². The quantitative estimate of drug-likeness (QED) is 0.788. The summed E-state index contributed by atoms with van der Waals surface area (Å²) in [6.45, 7) is 0. The second-order valence-electron chi connectivity index (χ2n) is 5.79. The standard InChI is InChI=1S/C16H18N2O3/c19-14(18-16(6-3-7-16)9-15(20)21)8-11-10-17-13-5-2-1-4-12(11)13/h1-2,4-5,10,17H,3,6-9H2,(H,18,19)(H,20,21). The number of benzene rings is 1. The van der Waals surface area contributed by atoms with E-state index >= 15 is 0 Å². The van der Waals surface area contributed by atoms with E-state index in [0.29, 0.717) is 0 Å². The molecule has 3 rings (SSSR count). The van der Waals surface area contributed by atoms with Crippen molar-refractivity contribution in [3.05, 3.63) is 36.0 Å². The minimum atomic E-state index is -0.859. The summed E-state index contributed by atoms with van der Waals surface area (Å²) in [5.74, 6) is -0.970. The molecule has 0 aliphatic heterocycles. The fraction of sp³-hybridized carbons (Fsp3) is 0.375. The van der Waals surface area contributed by atoms with Crippen molar-refractivity contribution in [2.75, 3.05) is 0 Å². The van der Waals surface area contributed by atoms with Gasteiger partial charge in [-0.15, -0.1) is 0 Å². The van der Waals surface area contributed by atoms with Gasteiger partial charge >= 0.3 is 5.97 Å². The lowest BCUT2D eigenvalue weighted by Crippen LogP contribution is -2.55. The summed E-state index contributed by atoms with van der Waals surface area (Å²) in [6.07, 6.45) is 4.59. The van der Waals surface area contributed by atoms with Gasteiger partial charge in [-0.25, -0.2) is 0 Å². The molecular weight excluding hydrogens is 268 g/mol. The summed E-state index contributed by atoms with van der Waals surface area (Å²) >= 11 is 0. The average Bonchev–Trinajstić information content (AvgIpc) is 2.79. The topological polar surface area (TPSA) is 82.2 Å². The van der Waals surface area contributed by atoms with Crippen LogP contribution in [-0.4, -0.2) is 27.5 Å². The zero-order valence-corrected chi connectivity index (χ0v) is 11.7. The van der Waals surface area contributed by atoms with Crippen molar-refractivity contribution in [3.8, 4) is 0 Å². The molecule has 21 heavy (non-hydrogen) atoms. The maximum atomic E-state index is 12.2. The number of hydrogen-bond donors (Lipinski definition) is 3. The number of aromatic nitrogens is 1. The van der Waals surface area contributed by atoms with Gasteiger partial charge < -0.3 is 15.4 Å². The molecular formula is C16H18N2O3. The summed E-state index contributed by atoms with van der Waals surface area (Å²) in [4.78, 5) is 26.3. The lowest BCUT2D eigenvalue weighted by molar-refractivity contribution is -0.140. The van der Waals surface area contributed by atoms with Gasteiger partial charge in [0, 0.05) is 17.1 Å². The Balaban J connectivity index is 1.70. The van der Waals surface area contributed by atoms with Crippen molar-refractivity contribution >= 4 is 22.8 Å². The fourth-order valence-corrected chi connectivity index (χ4v) is 3.03. The number of H-pyrrole nitrogens is 1. The third-order valence-corrected chi connectivity index (χ3v) is 4.23. The Morgan fingerprint density at radius 3 is 2.71 bits per heavy atom. The highest BCUT2D eigenvalue weighted by atomic mass is 16.4. The first kappa shape index (κ1) is 13.7. The van der Waals surface area contributed by atoms with Gasteiger partial charge in [-0.1, -0.05) is 18.2 Å². The second-order valence-corrected chi connectivity index (χ2v) is 5.79. The van der Waals surface area contributed by atoms with Crippen LogP contribution in [0.3, 0.4) is 0 Å². The predicted molar refractivity (Wildman–Crippen MR) is 79.0 cm³/mol. The number of carbonyl (C=O) groups is 2. The summed E-state index contributed by atoms with van der Waals surface area (Å²) in [7, 11) is 0. The van der Waals surface area contributed by atoms with E-state index in [1.165, 1.54) is 0 Å². The van der Waals surface area contributed by atoms with Crippen molar-refractivity contribution in [2.24, 2.45) is 0 Å². The zero-order valence-electron chi connectivity index (χ0n) is 11.7. The molecule has 1 fully saturated rings. The number of carboxylic acids is 1. The van der Waals surface area contributed by atoms with Gasteiger partial charge in [-0.05, 0) is 30.9 Å². The molecule has 1 amide bonds. The maximum Gasteiger partial charge on any atom is 0.305 e. The van der Waals surface area contributed by atoms with E-state index in [0.717, 1.165) is 35.7 Å². The molecule has 1 aliphatic rings. The number of aliphatic carboxylic acids is 1. The number of rotatable bonds is 5. The Morgan fingerprint density at radius 1 is 1.29 bits per heavy atom. The molecule has 3 N–H and O–H groups in total. The SMILES string of the molecule is O=C(O)CC1(NC(=O)Cc2c[nH]c3ccccc23)CCC1. The summed E-state index contributed by atoms with van der Waals surface area (Å²) in [5, 5.41) is 12.9. The predicted octanol–water partition coefficient (Wildman–Crippen LogP) is 2.22. The third kappa shape index (κ3) is 2.77. The number of nitrogens with one attached hydrogen (secondary N) is 2. The second kappa shape index (κ2) is 5.24. The highest BCUT2D eigenvalue weighted by Gasteiger charge is 2.40. The van der Waals surface area contributed by atoms with Crippen molar-refractivity contribution in [1.29, 1.82) is 0 Å². The van der Waals surface area contributed by atoms with Crippen LogP contribution in [0.25, 0.3) is 10.9 Å². The third-order valence-electron chi connectivity index (χ3n) is 4.23. The van der Waals surface area contributed by atoms with E-state index in [1.807, 2.05) is 30.5 Å². The highest BCUT2D eigenvalue weighted by Crippen LogP contribution is 2.35. The van der Waals surface area contributed by atoms with E-state index in [-0.39, 0.29) is 18.7 Å². The smallest absolute Gasteiger partial charge is 0.305 e. The molecule has 1 heterocycles. The minimum Gasteiger partial charge on any atom is -0.481 e.